The second-order valence-electron chi connectivity index (χ2n) is 3.39. The number of hydrogen-bond donors (Lipinski definition) is 1. The minimum Gasteiger partial charge on any atom is -0.480 e. The molecule has 1 amide bonds. The van der Waals surface area contributed by atoms with E-state index in [2.05, 4.69) is 4.99 Å². The van der Waals surface area contributed by atoms with E-state index < -0.39 is 5.97 Å². The van der Waals surface area contributed by atoms with E-state index >= 15 is 0 Å². The maximum absolute atomic E-state index is 11.5. The van der Waals surface area contributed by atoms with Gasteiger partial charge in [0, 0.05) is 0 Å². The van der Waals surface area contributed by atoms with Crippen LogP contribution in [0.5, 0.6) is 0 Å². The van der Waals surface area contributed by atoms with Crippen molar-refractivity contribution in [1.29, 1.82) is 0 Å². The number of amidine groups is 1. The van der Waals surface area contributed by atoms with Crippen molar-refractivity contribution in [1.82, 2.24) is 4.90 Å². The van der Waals surface area contributed by atoms with Gasteiger partial charge in [0.15, 0.2) is 5.17 Å². The van der Waals surface area contributed by atoms with E-state index in [0.29, 0.717) is 10.9 Å². The van der Waals surface area contributed by atoms with Crippen molar-refractivity contribution in [2.75, 3.05) is 12.3 Å². The molecule has 1 aliphatic rings. The summed E-state index contributed by atoms with van der Waals surface area (Å²) in [4.78, 5) is 27.6. The molecule has 1 saturated heterocycles. The van der Waals surface area contributed by atoms with E-state index in [4.69, 9.17) is 5.11 Å². The number of carbonyl (C=O) groups excluding carboxylic acids is 1. The highest BCUT2D eigenvalue weighted by Gasteiger charge is 2.29. The number of carbonyl (C=O) groups is 2. The summed E-state index contributed by atoms with van der Waals surface area (Å²) in [5.41, 5.74) is 0.708. The van der Waals surface area contributed by atoms with Crippen molar-refractivity contribution in [2.24, 2.45) is 4.99 Å². The summed E-state index contributed by atoms with van der Waals surface area (Å²) in [5.74, 6) is -1.01. The molecule has 5 nitrogen and oxygen atoms in total. The Morgan fingerprint density at radius 2 is 2.12 bits per heavy atom. The molecule has 0 bridgehead atoms. The van der Waals surface area contributed by atoms with Gasteiger partial charge in [0.2, 0.25) is 5.91 Å². The number of aliphatic imine (C=N–C) groups is 1. The van der Waals surface area contributed by atoms with E-state index in [1.807, 2.05) is 18.2 Å². The Balaban J connectivity index is 2.22. The number of hydrogen-bond acceptors (Lipinski definition) is 4. The normalized spacial score (nSPS) is 17.8. The van der Waals surface area contributed by atoms with Crippen LogP contribution in [0, 0.1) is 0 Å². The number of carboxylic acid groups (broad SMARTS) is 1. The molecule has 1 aliphatic heterocycles. The zero-order chi connectivity index (χ0) is 12.3. The lowest BCUT2D eigenvalue weighted by Gasteiger charge is -2.12. The molecule has 17 heavy (non-hydrogen) atoms. The maximum atomic E-state index is 11.5. The average molecular weight is 250 g/mol. The van der Waals surface area contributed by atoms with Gasteiger partial charge in [-0.3, -0.25) is 14.5 Å². The Bertz CT molecular complexity index is 473. The first-order valence-electron chi connectivity index (χ1n) is 4.95. The molecule has 88 valence electrons. The second-order valence-corrected chi connectivity index (χ2v) is 4.33. The lowest BCUT2D eigenvalue weighted by Crippen LogP contribution is -2.34. The predicted molar refractivity (Wildman–Crippen MR) is 65.3 cm³/mol. The molecular formula is C11H10N2O3S. The van der Waals surface area contributed by atoms with Crippen molar-refractivity contribution >= 4 is 34.5 Å². The van der Waals surface area contributed by atoms with Crippen molar-refractivity contribution in [2.45, 2.75) is 0 Å². The molecule has 1 heterocycles. The number of aliphatic carboxylic acids is 1. The largest absolute Gasteiger partial charge is 0.480 e. The molecule has 2 rings (SSSR count). The fraction of sp³-hybridized carbons (Fsp3) is 0.182. The second kappa shape index (κ2) is 5.01. The molecule has 1 aromatic carbocycles. The van der Waals surface area contributed by atoms with Crippen LogP contribution in [0.15, 0.2) is 35.3 Å². The molecular weight excluding hydrogens is 240 g/mol. The summed E-state index contributed by atoms with van der Waals surface area (Å²) < 4.78 is 0. The highest BCUT2D eigenvalue weighted by Crippen LogP contribution is 2.23. The van der Waals surface area contributed by atoms with Gasteiger partial charge in [-0.15, -0.1) is 0 Å². The van der Waals surface area contributed by atoms with Crippen LogP contribution in [0.2, 0.25) is 0 Å². The number of benzene rings is 1. The number of carboxylic acids is 1. The zero-order valence-electron chi connectivity index (χ0n) is 8.87. The summed E-state index contributed by atoms with van der Waals surface area (Å²) in [6, 6.07) is 9.14. The van der Waals surface area contributed by atoms with Crippen LogP contribution in [0.1, 0.15) is 0 Å². The Morgan fingerprint density at radius 1 is 1.41 bits per heavy atom. The van der Waals surface area contributed by atoms with Crippen LogP contribution in [0.4, 0.5) is 5.69 Å². The van der Waals surface area contributed by atoms with Gasteiger partial charge in [0.1, 0.15) is 6.54 Å². The minimum absolute atomic E-state index is 0.216. The van der Waals surface area contributed by atoms with E-state index in [0.717, 1.165) is 0 Å². The van der Waals surface area contributed by atoms with Crippen molar-refractivity contribution in [3.8, 4) is 0 Å². The van der Waals surface area contributed by atoms with E-state index in [-0.39, 0.29) is 18.2 Å². The molecule has 1 aromatic rings. The third-order valence-electron chi connectivity index (χ3n) is 2.13. The standard InChI is InChI=1S/C11H10N2O3S/c14-9-7-17-11(13(9)6-10(15)16)12-8-4-2-1-3-5-8/h1-5H,6-7H2,(H,15,16)/b12-11+. The Labute approximate surface area is 102 Å². The Kier molecular flexibility index (Phi) is 3.43. The van der Waals surface area contributed by atoms with Crippen LogP contribution >= 0.6 is 11.8 Å². The van der Waals surface area contributed by atoms with Crippen LogP contribution in [-0.2, 0) is 9.59 Å². The molecule has 1 N–H and O–H groups in total. The lowest BCUT2D eigenvalue weighted by molar-refractivity contribution is -0.140. The first-order chi connectivity index (χ1) is 8.16. The topological polar surface area (TPSA) is 70.0 Å². The molecule has 1 fully saturated rings. The highest BCUT2D eigenvalue weighted by atomic mass is 32.2. The number of thioether (sulfide) groups is 1. The van der Waals surface area contributed by atoms with Gasteiger partial charge >= 0.3 is 5.97 Å². The van der Waals surface area contributed by atoms with Gasteiger partial charge in [-0.05, 0) is 12.1 Å². The number of amides is 1. The number of para-hydroxylation sites is 1. The molecule has 0 atom stereocenters. The fourth-order valence-corrected chi connectivity index (χ4v) is 2.29. The first kappa shape index (κ1) is 11.7. The molecule has 0 aromatic heterocycles. The van der Waals surface area contributed by atoms with Crippen molar-refractivity contribution in [3.63, 3.8) is 0 Å². The summed E-state index contributed by atoms with van der Waals surface area (Å²) in [5, 5.41) is 9.17. The van der Waals surface area contributed by atoms with E-state index in [9.17, 15) is 9.59 Å². The van der Waals surface area contributed by atoms with Crippen molar-refractivity contribution < 1.29 is 14.7 Å². The summed E-state index contributed by atoms with van der Waals surface area (Å²) in [6.45, 7) is -0.336. The average Bonchev–Trinajstić information content (AvgIpc) is 2.62. The number of rotatable bonds is 3. The molecule has 0 radical (unpaired) electrons. The highest BCUT2D eigenvalue weighted by molar-refractivity contribution is 8.15. The third kappa shape index (κ3) is 2.85. The zero-order valence-corrected chi connectivity index (χ0v) is 9.68. The van der Waals surface area contributed by atoms with Crippen LogP contribution < -0.4 is 0 Å². The molecule has 0 unspecified atom stereocenters. The molecule has 6 heteroatoms. The first-order valence-corrected chi connectivity index (χ1v) is 5.94. The molecule has 0 aliphatic carbocycles. The smallest absolute Gasteiger partial charge is 0.323 e. The van der Waals surface area contributed by atoms with Gasteiger partial charge < -0.3 is 5.11 Å². The van der Waals surface area contributed by atoms with Gasteiger partial charge in [-0.25, -0.2) is 4.99 Å². The van der Waals surface area contributed by atoms with Gasteiger partial charge in [0.25, 0.3) is 0 Å². The summed E-state index contributed by atoms with van der Waals surface area (Å²) in [7, 11) is 0. The quantitative estimate of drug-likeness (QED) is 0.878. The van der Waals surface area contributed by atoms with Gasteiger partial charge in [-0.1, -0.05) is 30.0 Å². The third-order valence-corrected chi connectivity index (χ3v) is 3.09. The van der Waals surface area contributed by atoms with Crippen LogP contribution in [0.25, 0.3) is 0 Å². The van der Waals surface area contributed by atoms with Crippen molar-refractivity contribution in [3.05, 3.63) is 30.3 Å². The Hall–Kier alpha value is -1.82. The van der Waals surface area contributed by atoms with E-state index in [1.165, 1.54) is 16.7 Å². The van der Waals surface area contributed by atoms with Gasteiger partial charge in [0.05, 0.1) is 11.4 Å². The van der Waals surface area contributed by atoms with Crippen LogP contribution in [-0.4, -0.2) is 39.3 Å². The number of nitrogens with zero attached hydrogens (tertiary/aromatic N) is 2. The minimum atomic E-state index is -1.04. The SMILES string of the molecule is O=C(O)CN1C(=O)CS/C1=N/c1ccccc1. The summed E-state index contributed by atoms with van der Waals surface area (Å²) in [6.07, 6.45) is 0. The van der Waals surface area contributed by atoms with Gasteiger partial charge in [-0.2, -0.15) is 0 Å². The lowest BCUT2D eigenvalue weighted by atomic mass is 10.3. The fourth-order valence-electron chi connectivity index (χ4n) is 1.39. The van der Waals surface area contributed by atoms with E-state index in [1.54, 1.807) is 12.1 Å². The maximum Gasteiger partial charge on any atom is 0.323 e. The molecule has 0 spiro atoms. The monoisotopic (exact) mass is 250 g/mol. The Morgan fingerprint density at radius 3 is 2.76 bits per heavy atom. The summed E-state index contributed by atoms with van der Waals surface area (Å²) >= 11 is 1.26. The van der Waals surface area contributed by atoms with Crippen LogP contribution in [0.3, 0.4) is 0 Å². The predicted octanol–water partition coefficient (Wildman–Crippen LogP) is 1.33. The molecule has 0 saturated carbocycles.